The molecule has 0 bridgehead atoms. The lowest BCUT2D eigenvalue weighted by Crippen LogP contribution is -2.29. The van der Waals surface area contributed by atoms with E-state index in [9.17, 15) is 9.59 Å². The number of anilines is 1. The number of rotatable bonds is 2. The van der Waals surface area contributed by atoms with Gasteiger partial charge in [-0.1, -0.05) is 0 Å². The van der Waals surface area contributed by atoms with Crippen molar-refractivity contribution in [2.75, 3.05) is 5.73 Å². The van der Waals surface area contributed by atoms with Crippen molar-refractivity contribution < 1.29 is 0 Å². The van der Waals surface area contributed by atoms with Gasteiger partial charge in [-0.05, 0) is 36.6 Å². The lowest BCUT2D eigenvalue weighted by molar-refractivity contribution is 0.963. The first-order valence-corrected chi connectivity index (χ1v) is 6.38. The molecule has 1 aromatic carbocycles. The number of nitrogens with one attached hydrogen (secondary N) is 3. The summed E-state index contributed by atoms with van der Waals surface area (Å²) in [6.07, 6.45) is 0.427. The summed E-state index contributed by atoms with van der Waals surface area (Å²) in [4.78, 5) is 32.3. The van der Waals surface area contributed by atoms with Gasteiger partial charge in [-0.25, -0.2) is 0 Å². The molecule has 0 saturated heterocycles. The Morgan fingerprint density at radius 1 is 1.19 bits per heavy atom. The molecule has 0 saturated carbocycles. The van der Waals surface area contributed by atoms with Crippen LogP contribution in [0.3, 0.4) is 0 Å². The van der Waals surface area contributed by atoms with Crippen molar-refractivity contribution >= 4 is 17.0 Å². The molecule has 0 aliphatic carbocycles. The van der Waals surface area contributed by atoms with Gasteiger partial charge in [0.15, 0.2) is 0 Å². The van der Waals surface area contributed by atoms with Crippen LogP contribution in [-0.4, -0.2) is 25.1 Å². The number of H-pyrrole nitrogens is 3. The number of aryl methyl sites for hydroxylation is 1. The molecule has 3 aromatic rings. The Kier molecular flexibility index (Phi) is 2.86. The Morgan fingerprint density at radius 2 is 1.90 bits per heavy atom. The topological polar surface area (TPSA) is 133 Å². The number of nitrogens with two attached hydrogens (primary N) is 1. The van der Waals surface area contributed by atoms with E-state index in [4.69, 9.17) is 5.73 Å². The zero-order valence-corrected chi connectivity index (χ0v) is 11.6. The average Bonchev–Trinajstić information content (AvgIpc) is 2.83. The molecule has 108 valence electrons. The van der Waals surface area contributed by atoms with Gasteiger partial charge in [0.25, 0.3) is 0 Å². The summed E-state index contributed by atoms with van der Waals surface area (Å²) in [7, 11) is 0. The second-order valence-corrected chi connectivity index (χ2v) is 4.94. The van der Waals surface area contributed by atoms with E-state index in [1.807, 2.05) is 19.9 Å². The summed E-state index contributed by atoms with van der Waals surface area (Å²) in [6.45, 7) is 3.89. The molecule has 5 N–H and O–H groups in total. The first-order valence-electron chi connectivity index (χ1n) is 6.38. The van der Waals surface area contributed by atoms with E-state index >= 15 is 0 Å². The van der Waals surface area contributed by atoms with Crippen LogP contribution in [0.1, 0.15) is 22.5 Å². The summed E-state index contributed by atoms with van der Waals surface area (Å²) in [5.74, 6) is 0.760. The maximum absolute atomic E-state index is 11.6. The molecule has 8 heteroatoms. The van der Waals surface area contributed by atoms with Gasteiger partial charge >= 0.3 is 11.1 Å². The van der Waals surface area contributed by atoms with Crippen LogP contribution in [0.2, 0.25) is 0 Å². The van der Waals surface area contributed by atoms with Crippen molar-refractivity contribution in [2.24, 2.45) is 0 Å². The molecule has 0 atom stereocenters. The fourth-order valence-corrected chi connectivity index (χ4v) is 2.35. The number of nitrogen functional groups attached to an aromatic ring is 1. The third-order valence-corrected chi connectivity index (χ3v) is 3.56. The predicted octanol–water partition coefficient (Wildman–Crippen LogP) is 0.124. The third kappa shape index (κ3) is 2.20. The van der Waals surface area contributed by atoms with Gasteiger partial charge in [0.1, 0.15) is 5.82 Å². The molecule has 21 heavy (non-hydrogen) atoms. The molecule has 3 rings (SSSR count). The predicted molar refractivity (Wildman–Crippen MR) is 78.3 cm³/mol. The summed E-state index contributed by atoms with van der Waals surface area (Å²) in [5, 5.41) is 6.53. The number of hydrogen-bond acceptors (Lipinski definition) is 5. The zero-order chi connectivity index (χ0) is 15.1. The molecule has 0 amide bonds. The lowest BCUT2D eigenvalue weighted by atomic mass is 9.98. The molecule has 0 aliphatic rings. The fraction of sp³-hybridized carbons (Fsp3) is 0.231. The number of fused-ring (bicyclic) bond motifs is 1. The maximum atomic E-state index is 11.6. The molecule has 0 radical (unpaired) electrons. The van der Waals surface area contributed by atoms with Crippen LogP contribution >= 0.6 is 0 Å². The first kappa shape index (κ1) is 13.1. The van der Waals surface area contributed by atoms with Crippen molar-refractivity contribution in [3.63, 3.8) is 0 Å². The Labute approximate surface area is 118 Å². The van der Waals surface area contributed by atoms with Crippen molar-refractivity contribution in [3.05, 3.63) is 49.3 Å². The Balaban J connectivity index is 2.28. The summed E-state index contributed by atoms with van der Waals surface area (Å²) in [5.41, 5.74) is 8.23. The second kappa shape index (κ2) is 4.58. The molecular weight excluding hydrogens is 272 g/mol. The molecular formula is C13H14N6O2. The number of hydrogen-bond donors (Lipinski definition) is 4. The van der Waals surface area contributed by atoms with Gasteiger partial charge in [-0.3, -0.25) is 14.7 Å². The largest absolute Gasteiger partial charge is 0.367 e. The van der Waals surface area contributed by atoms with Crippen molar-refractivity contribution in [1.29, 1.82) is 0 Å². The average molecular weight is 286 g/mol. The molecule has 8 nitrogen and oxygen atoms in total. The zero-order valence-electron chi connectivity index (χ0n) is 11.6. The second-order valence-electron chi connectivity index (χ2n) is 4.94. The Hall–Kier alpha value is -2.90. The Bertz CT molecular complexity index is 949. The van der Waals surface area contributed by atoms with E-state index in [1.54, 1.807) is 0 Å². The SMILES string of the molecule is Cc1cc2[nH]c(=O)c(=O)[nH]c2c(Cc2nc(N)n[nH]2)c1C. The lowest BCUT2D eigenvalue weighted by Gasteiger charge is -2.11. The van der Waals surface area contributed by atoms with Gasteiger partial charge in [-0.15, -0.1) is 5.10 Å². The molecule has 0 unspecified atom stereocenters. The van der Waals surface area contributed by atoms with Crippen LogP contribution in [0, 0.1) is 13.8 Å². The minimum Gasteiger partial charge on any atom is -0.367 e. The maximum Gasteiger partial charge on any atom is 0.314 e. The molecule has 0 spiro atoms. The molecule has 2 aromatic heterocycles. The number of aromatic amines is 3. The highest BCUT2D eigenvalue weighted by Crippen LogP contribution is 2.23. The number of nitrogens with zero attached hydrogens (tertiary/aromatic N) is 2. The van der Waals surface area contributed by atoms with Crippen LogP contribution in [0.15, 0.2) is 15.7 Å². The smallest absolute Gasteiger partial charge is 0.314 e. The normalized spacial score (nSPS) is 11.1. The van der Waals surface area contributed by atoms with E-state index in [0.29, 0.717) is 23.3 Å². The van der Waals surface area contributed by atoms with Crippen molar-refractivity contribution in [1.82, 2.24) is 25.1 Å². The number of benzene rings is 1. The van der Waals surface area contributed by atoms with E-state index in [-0.39, 0.29) is 5.95 Å². The first-order chi connectivity index (χ1) is 9.95. The molecule has 0 aliphatic heterocycles. The van der Waals surface area contributed by atoms with Crippen LogP contribution in [0.25, 0.3) is 11.0 Å². The highest BCUT2D eigenvalue weighted by Gasteiger charge is 2.13. The van der Waals surface area contributed by atoms with Crippen LogP contribution < -0.4 is 16.9 Å². The van der Waals surface area contributed by atoms with Gasteiger partial charge in [0, 0.05) is 6.42 Å². The van der Waals surface area contributed by atoms with E-state index in [1.165, 1.54) is 0 Å². The summed E-state index contributed by atoms with van der Waals surface area (Å²) >= 11 is 0. The minimum absolute atomic E-state index is 0.168. The van der Waals surface area contributed by atoms with Gasteiger partial charge in [-0.2, -0.15) is 4.98 Å². The highest BCUT2D eigenvalue weighted by atomic mass is 16.2. The molecule has 2 heterocycles. The fourth-order valence-electron chi connectivity index (χ4n) is 2.35. The third-order valence-electron chi connectivity index (χ3n) is 3.56. The van der Waals surface area contributed by atoms with Crippen LogP contribution in [0.5, 0.6) is 0 Å². The Morgan fingerprint density at radius 3 is 2.57 bits per heavy atom. The van der Waals surface area contributed by atoms with E-state index in [2.05, 4.69) is 25.1 Å². The highest BCUT2D eigenvalue weighted by molar-refractivity contribution is 5.80. The summed E-state index contributed by atoms with van der Waals surface area (Å²) in [6, 6.07) is 1.83. The standard InChI is InChI=1S/C13H14N6O2/c1-5-3-8-10(17-12(21)11(20)15-8)7(6(5)2)4-9-16-13(14)19-18-9/h3H,4H2,1-2H3,(H,15,20)(H,17,21)(H3,14,16,18,19). The number of aromatic nitrogens is 5. The van der Waals surface area contributed by atoms with Gasteiger partial charge in [0.05, 0.1) is 11.0 Å². The van der Waals surface area contributed by atoms with Crippen LogP contribution in [-0.2, 0) is 6.42 Å². The van der Waals surface area contributed by atoms with E-state index in [0.717, 1.165) is 16.7 Å². The summed E-state index contributed by atoms with van der Waals surface area (Å²) < 4.78 is 0. The van der Waals surface area contributed by atoms with Crippen LogP contribution in [0.4, 0.5) is 5.95 Å². The monoisotopic (exact) mass is 286 g/mol. The van der Waals surface area contributed by atoms with E-state index < -0.39 is 11.1 Å². The van der Waals surface area contributed by atoms with Crippen molar-refractivity contribution in [3.8, 4) is 0 Å². The van der Waals surface area contributed by atoms with Gasteiger partial charge in [0.2, 0.25) is 5.95 Å². The van der Waals surface area contributed by atoms with Gasteiger partial charge < -0.3 is 15.7 Å². The minimum atomic E-state index is -0.677. The quantitative estimate of drug-likeness (QED) is 0.497. The van der Waals surface area contributed by atoms with Crippen molar-refractivity contribution in [2.45, 2.75) is 20.3 Å². The molecule has 0 fully saturated rings.